The SMILES string of the molecule is CCCCC(=O)C1CCC(=O)C1. The Morgan fingerprint density at radius 1 is 1.58 bits per heavy atom. The third-order valence-electron chi connectivity index (χ3n) is 2.48. The van der Waals surface area contributed by atoms with Gasteiger partial charge in [0.2, 0.25) is 0 Å². The molecule has 2 heteroatoms. The predicted octanol–water partition coefficient (Wildman–Crippen LogP) is 2.11. The molecule has 0 bridgehead atoms. The van der Waals surface area contributed by atoms with E-state index in [2.05, 4.69) is 6.92 Å². The Morgan fingerprint density at radius 3 is 2.83 bits per heavy atom. The Balaban J connectivity index is 2.28. The van der Waals surface area contributed by atoms with Gasteiger partial charge in [0.1, 0.15) is 11.6 Å². The topological polar surface area (TPSA) is 34.1 Å². The molecule has 1 fully saturated rings. The Morgan fingerprint density at radius 2 is 2.33 bits per heavy atom. The highest BCUT2D eigenvalue weighted by Gasteiger charge is 2.27. The van der Waals surface area contributed by atoms with Gasteiger partial charge in [-0.2, -0.15) is 0 Å². The van der Waals surface area contributed by atoms with E-state index in [-0.39, 0.29) is 11.7 Å². The third kappa shape index (κ3) is 2.43. The van der Waals surface area contributed by atoms with Crippen molar-refractivity contribution in [3.63, 3.8) is 0 Å². The van der Waals surface area contributed by atoms with Crippen LogP contribution >= 0.6 is 0 Å². The van der Waals surface area contributed by atoms with Gasteiger partial charge in [-0.25, -0.2) is 0 Å². The smallest absolute Gasteiger partial charge is 0.136 e. The molecular formula is C10H16O2. The van der Waals surface area contributed by atoms with Gasteiger partial charge in [-0.05, 0) is 12.8 Å². The van der Waals surface area contributed by atoms with E-state index >= 15 is 0 Å². The lowest BCUT2D eigenvalue weighted by atomic mass is 9.98. The van der Waals surface area contributed by atoms with E-state index in [1.165, 1.54) is 0 Å². The molecule has 0 N–H and O–H groups in total. The summed E-state index contributed by atoms with van der Waals surface area (Å²) >= 11 is 0. The summed E-state index contributed by atoms with van der Waals surface area (Å²) in [5.74, 6) is 0.650. The van der Waals surface area contributed by atoms with Crippen LogP contribution in [0.3, 0.4) is 0 Å². The van der Waals surface area contributed by atoms with Gasteiger partial charge >= 0.3 is 0 Å². The molecule has 0 amide bonds. The van der Waals surface area contributed by atoms with E-state index < -0.39 is 0 Å². The van der Waals surface area contributed by atoms with Gasteiger partial charge in [0.05, 0.1) is 0 Å². The fraction of sp³-hybridized carbons (Fsp3) is 0.800. The molecule has 1 aliphatic carbocycles. The molecule has 1 atom stereocenters. The highest BCUT2D eigenvalue weighted by molar-refractivity contribution is 5.90. The van der Waals surface area contributed by atoms with Crippen molar-refractivity contribution in [2.75, 3.05) is 0 Å². The lowest BCUT2D eigenvalue weighted by Gasteiger charge is -2.04. The molecule has 0 radical (unpaired) electrons. The van der Waals surface area contributed by atoms with Gasteiger partial charge in [-0.3, -0.25) is 9.59 Å². The normalized spacial score (nSPS) is 23.1. The Bertz CT molecular complexity index is 184. The molecule has 0 aromatic rings. The van der Waals surface area contributed by atoms with Gasteiger partial charge in [0.15, 0.2) is 0 Å². The number of hydrogen-bond donors (Lipinski definition) is 0. The first kappa shape index (κ1) is 9.43. The van der Waals surface area contributed by atoms with Crippen molar-refractivity contribution in [1.29, 1.82) is 0 Å². The number of carbonyl (C=O) groups excluding carboxylic acids is 2. The van der Waals surface area contributed by atoms with E-state index in [4.69, 9.17) is 0 Å². The fourth-order valence-corrected chi connectivity index (χ4v) is 1.64. The van der Waals surface area contributed by atoms with Crippen LogP contribution in [0.5, 0.6) is 0 Å². The lowest BCUT2D eigenvalue weighted by molar-refractivity contribution is -0.124. The number of hydrogen-bond acceptors (Lipinski definition) is 2. The maximum atomic E-state index is 11.4. The van der Waals surface area contributed by atoms with Crippen LogP contribution in [0.25, 0.3) is 0 Å². The first-order chi connectivity index (χ1) is 5.74. The molecule has 0 aromatic heterocycles. The summed E-state index contributed by atoms with van der Waals surface area (Å²) in [5, 5.41) is 0. The third-order valence-corrected chi connectivity index (χ3v) is 2.48. The molecule has 0 aliphatic heterocycles. The maximum absolute atomic E-state index is 11.4. The molecule has 1 saturated carbocycles. The molecule has 0 spiro atoms. The number of Topliss-reactive ketones (excluding diaryl/α,β-unsaturated/α-hetero) is 2. The molecule has 12 heavy (non-hydrogen) atoms. The number of carbonyl (C=O) groups is 2. The quantitative estimate of drug-likeness (QED) is 0.644. The zero-order chi connectivity index (χ0) is 8.97. The molecule has 0 saturated heterocycles. The van der Waals surface area contributed by atoms with Gasteiger partial charge in [-0.15, -0.1) is 0 Å². The summed E-state index contributed by atoms with van der Waals surface area (Å²) in [5.41, 5.74) is 0. The molecule has 1 unspecified atom stereocenters. The average molecular weight is 168 g/mol. The van der Waals surface area contributed by atoms with E-state index in [1.54, 1.807) is 0 Å². The monoisotopic (exact) mass is 168 g/mol. The van der Waals surface area contributed by atoms with Crippen LogP contribution in [-0.2, 0) is 9.59 Å². The van der Waals surface area contributed by atoms with Gasteiger partial charge in [0.25, 0.3) is 0 Å². The number of ketones is 2. The fourth-order valence-electron chi connectivity index (χ4n) is 1.64. The van der Waals surface area contributed by atoms with Crippen molar-refractivity contribution in [1.82, 2.24) is 0 Å². The van der Waals surface area contributed by atoms with E-state index in [0.717, 1.165) is 19.3 Å². The van der Waals surface area contributed by atoms with Gasteiger partial charge in [0, 0.05) is 25.2 Å². The molecule has 1 aliphatic rings. The maximum Gasteiger partial charge on any atom is 0.136 e. The largest absolute Gasteiger partial charge is 0.300 e. The summed E-state index contributed by atoms with van der Waals surface area (Å²) in [4.78, 5) is 22.3. The minimum atomic E-state index is 0.0732. The molecule has 1 rings (SSSR count). The minimum Gasteiger partial charge on any atom is -0.300 e. The van der Waals surface area contributed by atoms with Gasteiger partial charge in [-0.1, -0.05) is 13.3 Å². The summed E-state index contributed by atoms with van der Waals surface area (Å²) in [6, 6.07) is 0. The van der Waals surface area contributed by atoms with Crippen LogP contribution in [-0.4, -0.2) is 11.6 Å². The van der Waals surface area contributed by atoms with Crippen LogP contribution in [0.2, 0.25) is 0 Å². The standard InChI is InChI=1S/C10H16O2/c1-2-3-4-10(12)8-5-6-9(11)7-8/h8H,2-7H2,1H3. The summed E-state index contributed by atoms with van der Waals surface area (Å²) < 4.78 is 0. The summed E-state index contributed by atoms with van der Waals surface area (Å²) in [7, 11) is 0. The van der Waals surface area contributed by atoms with Crippen molar-refractivity contribution < 1.29 is 9.59 Å². The van der Waals surface area contributed by atoms with Crippen molar-refractivity contribution in [2.45, 2.75) is 45.4 Å². The molecular weight excluding hydrogens is 152 g/mol. The second kappa shape index (κ2) is 4.39. The number of rotatable bonds is 4. The predicted molar refractivity (Wildman–Crippen MR) is 46.9 cm³/mol. The highest BCUT2D eigenvalue weighted by atomic mass is 16.1. The Hall–Kier alpha value is -0.660. The first-order valence-corrected chi connectivity index (χ1v) is 4.78. The Labute approximate surface area is 73.3 Å². The van der Waals surface area contributed by atoms with Crippen molar-refractivity contribution in [3.05, 3.63) is 0 Å². The second-order valence-corrected chi connectivity index (χ2v) is 3.55. The zero-order valence-electron chi connectivity index (χ0n) is 7.64. The van der Waals surface area contributed by atoms with E-state index in [1.807, 2.05) is 0 Å². The van der Waals surface area contributed by atoms with E-state index in [0.29, 0.717) is 25.0 Å². The van der Waals surface area contributed by atoms with Crippen molar-refractivity contribution in [2.24, 2.45) is 5.92 Å². The summed E-state index contributed by atoms with van der Waals surface area (Å²) in [6.07, 6.45) is 4.66. The average Bonchev–Trinajstić information content (AvgIpc) is 2.47. The van der Waals surface area contributed by atoms with Crippen LogP contribution in [0.15, 0.2) is 0 Å². The molecule has 0 aromatic carbocycles. The lowest BCUT2D eigenvalue weighted by Crippen LogP contribution is -2.10. The van der Waals surface area contributed by atoms with Crippen LogP contribution in [0, 0.1) is 5.92 Å². The van der Waals surface area contributed by atoms with Gasteiger partial charge < -0.3 is 0 Å². The van der Waals surface area contributed by atoms with Crippen LogP contribution < -0.4 is 0 Å². The zero-order valence-corrected chi connectivity index (χ0v) is 7.64. The first-order valence-electron chi connectivity index (χ1n) is 4.78. The van der Waals surface area contributed by atoms with Crippen molar-refractivity contribution >= 4 is 11.6 Å². The molecule has 2 nitrogen and oxygen atoms in total. The minimum absolute atomic E-state index is 0.0732. The second-order valence-electron chi connectivity index (χ2n) is 3.55. The Kier molecular flexibility index (Phi) is 3.45. The summed E-state index contributed by atoms with van der Waals surface area (Å²) in [6.45, 7) is 2.08. The molecule has 68 valence electrons. The van der Waals surface area contributed by atoms with Crippen LogP contribution in [0.4, 0.5) is 0 Å². The highest BCUT2D eigenvalue weighted by Crippen LogP contribution is 2.24. The van der Waals surface area contributed by atoms with Crippen molar-refractivity contribution in [3.8, 4) is 0 Å². The number of unbranched alkanes of at least 4 members (excludes halogenated alkanes) is 1. The van der Waals surface area contributed by atoms with E-state index in [9.17, 15) is 9.59 Å². The van der Waals surface area contributed by atoms with Crippen LogP contribution in [0.1, 0.15) is 45.4 Å². The molecule has 0 heterocycles.